The van der Waals surface area contributed by atoms with Crippen molar-refractivity contribution in [2.45, 2.75) is 45.6 Å². The van der Waals surface area contributed by atoms with E-state index in [-0.39, 0.29) is 17.7 Å². The Balaban J connectivity index is 1.69. The van der Waals surface area contributed by atoms with Crippen LogP contribution in [0.4, 0.5) is 11.4 Å². The molecule has 1 aromatic heterocycles. The molecule has 7 nitrogen and oxygen atoms in total. The minimum absolute atomic E-state index is 0.231. The van der Waals surface area contributed by atoms with E-state index in [4.69, 9.17) is 4.74 Å². The first-order chi connectivity index (χ1) is 14.6. The van der Waals surface area contributed by atoms with Gasteiger partial charge in [0.05, 0.1) is 6.61 Å². The number of ether oxygens (including phenoxy) is 1. The predicted octanol–water partition coefficient (Wildman–Crippen LogP) is 3.62. The summed E-state index contributed by atoms with van der Waals surface area (Å²) in [5, 5.41) is 5.80. The zero-order valence-electron chi connectivity index (χ0n) is 17.7. The number of aromatic nitrogens is 1. The summed E-state index contributed by atoms with van der Waals surface area (Å²) in [7, 11) is 0. The molecule has 0 aliphatic carbocycles. The van der Waals surface area contributed by atoms with Gasteiger partial charge < -0.3 is 20.3 Å². The van der Waals surface area contributed by atoms with E-state index < -0.39 is 6.04 Å². The fourth-order valence-corrected chi connectivity index (χ4v) is 3.59. The molecule has 2 amide bonds. The lowest BCUT2D eigenvalue weighted by atomic mass is 10.1. The second-order valence-electron chi connectivity index (χ2n) is 7.34. The highest BCUT2D eigenvalue weighted by molar-refractivity contribution is 6.02. The van der Waals surface area contributed by atoms with Crippen LogP contribution in [0.15, 0.2) is 42.6 Å². The third kappa shape index (κ3) is 5.49. The largest absolute Gasteiger partial charge is 0.477 e. The molecule has 160 valence electrons. The van der Waals surface area contributed by atoms with Crippen LogP contribution in [0, 0.1) is 0 Å². The van der Waals surface area contributed by atoms with Gasteiger partial charge >= 0.3 is 0 Å². The van der Waals surface area contributed by atoms with Gasteiger partial charge in [-0.25, -0.2) is 4.98 Å². The molecule has 0 saturated carbocycles. The molecule has 3 rings (SSSR count). The van der Waals surface area contributed by atoms with Gasteiger partial charge in [0, 0.05) is 30.7 Å². The molecule has 1 aliphatic rings. The van der Waals surface area contributed by atoms with E-state index in [1.807, 2.05) is 32.0 Å². The normalized spacial score (nSPS) is 14.3. The lowest BCUT2D eigenvalue weighted by Crippen LogP contribution is -2.43. The molecule has 30 heavy (non-hydrogen) atoms. The Morgan fingerprint density at radius 1 is 1.17 bits per heavy atom. The van der Waals surface area contributed by atoms with Gasteiger partial charge in [-0.1, -0.05) is 19.4 Å². The van der Waals surface area contributed by atoms with Crippen molar-refractivity contribution in [3.63, 3.8) is 0 Å². The van der Waals surface area contributed by atoms with Gasteiger partial charge in [-0.05, 0) is 56.5 Å². The van der Waals surface area contributed by atoms with Crippen LogP contribution in [-0.4, -0.2) is 42.5 Å². The Hall–Kier alpha value is -3.09. The van der Waals surface area contributed by atoms with Crippen LogP contribution < -0.4 is 20.3 Å². The number of nitrogens with one attached hydrogen (secondary N) is 2. The van der Waals surface area contributed by atoms with Crippen molar-refractivity contribution in [2.75, 3.05) is 29.9 Å². The maximum atomic E-state index is 12.9. The quantitative estimate of drug-likeness (QED) is 0.660. The van der Waals surface area contributed by atoms with Gasteiger partial charge in [-0.15, -0.1) is 0 Å². The first kappa shape index (κ1) is 21.6. The van der Waals surface area contributed by atoms with E-state index in [9.17, 15) is 9.59 Å². The first-order valence-electron chi connectivity index (χ1n) is 10.7. The summed E-state index contributed by atoms with van der Waals surface area (Å²) in [6.45, 7) is 6.30. The number of nitrogens with zero attached hydrogens (tertiary/aromatic N) is 2. The highest BCUT2D eigenvalue weighted by Gasteiger charge is 2.23. The van der Waals surface area contributed by atoms with Gasteiger partial charge in [0.15, 0.2) is 0 Å². The van der Waals surface area contributed by atoms with Gasteiger partial charge in [-0.2, -0.15) is 0 Å². The molecule has 7 heteroatoms. The van der Waals surface area contributed by atoms with Crippen LogP contribution in [-0.2, 0) is 4.79 Å². The van der Waals surface area contributed by atoms with Crippen molar-refractivity contribution in [1.82, 2.24) is 10.3 Å². The molecule has 1 atom stereocenters. The summed E-state index contributed by atoms with van der Waals surface area (Å²) in [5.41, 5.74) is 2.17. The molecule has 1 aliphatic heterocycles. The van der Waals surface area contributed by atoms with Crippen molar-refractivity contribution in [3.8, 4) is 5.88 Å². The fourth-order valence-electron chi connectivity index (χ4n) is 3.59. The minimum Gasteiger partial charge on any atom is -0.477 e. The number of carbonyl (C=O) groups excluding carboxylic acids is 2. The van der Waals surface area contributed by atoms with Crippen LogP contribution in [0.25, 0.3) is 0 Å². The lowest BCUT2D eigenvalue weighted by molar-refractivity contribution is -0.118. The lowest BCUT2D eigenvalue weighted by Gasteiger charge is -2.21. The standard InChI is InChI=1S/C23H30N4O3/c1-3-9-20(26-21(28)19-12-8-13-24-23(19)30-4-2)22(29)25-17-10-7-11-18(16-17)27-14-5-6-15-27/h7-8,10-13,16,20H,3-6,9,14-15H2,1-2H3,(H,25,29)(H,26,28). The zero-order valence-corrected chi connectivity index (χ0v) is 17.7. The molecular formula is C23H30N4O3. The number of hydrogen-bond acceptors (Lipinski definition) is 5. The number of pyridine rings is 1. The summed E-state index contributed by atoms with van der Waals surface area (Å²) in [4.78, 5) is 32.2. The van der Waals surface area contributed by atoms with Gasteiger partial charge in [-0.3, -0.25) is 9.59 Å². The van der Waals surface area contributed by atoms with E-state index in [2.05, 4.69) is 26.6 Å². The van der Waals surface area contributed by atoms with Crippen LogP contribution in [0.5, 0.6) is 5.88 Å². The SMILES string of the molecule is CCCC(NC(=O)c1cccnc1OCC)C(=O)Nc1cccc(N2CCCC2)c1. The Bertz CT molecular complexity index is 865. The summed E-state index contributed by atoms with van der Waals surface area (Å²) in [6.07, 6.45) is 5.26. The second-order valence-corrected chi connectivity index (χ2v) is 7.34. The molecule has 2 N–H and O–H groups in total. The molecule has 0 radical (unpaired) electrons. The smallest absolute Gasteiger partial charge is 0.257 e. The highest BCUT2D eigenvalue weighted by atomic mass is 16.5. The van der Waals surface area contributed by atoms with Crippen molar-refractivity contribution in [2.24, 2.45) is 0 Å². The zero-order chi connectivity index (χ0) is 21.3. The summed E-state index contributed by atoms with van der Waals surface area (Å²) in [5.74, 6) is -0.330. The molecule has 1 unspecified atom stereocenters. The molecular weight excluding hydrogens is 380 g/mol. The van der Waals surface area contributed by atoms with Crippen molar-refractivity contribution in [3.05, 3.63) is 48.2 Å². The molecule has 2 heterocycles. The molecule has 2 aromatic rings. The van der Waals surface area contributed by atoms with Crippen molar-refractivity contribution in [1.29, 1.82) is 0 Å². The Labute approximate surface area is 177 Å². The Morgan fingerprint density at radius 2 is 1.97 bits per heavy atom. The number of amides is 2. The number of carbonyl (C=O) groups is 2. The second kappa shape index (κ2) is 10.6. The minimum atomic E-state index is -0.646. The highest BCUT2D eigenvalue weighted by Crippen LogP contribution is 2.23. The fraction of sp³-hybridized carbons (Fsp3) is 0.435. The molecule has 0 spiro atoms. The number of hydrogen-bond donors (Lipinski definition) is 2. The van der Waals surface area contributed by atoms with Crippen molar-refractivity contribution >= 4 is 23.2 Å². The summed E-state index contributed by atoms with van der Waals surface area (Å²) >= 11 is 0. The van der Waals surface area contributed by atoms with Crippen LogP contribution in [0.2, 0.25) is 0 Å². The topological polar surface area (TPSA) is 83.6 Å². The molecule has 1 fully saturated rings. The number of benzene rings is 1. The maximum Gasteiger partial charge on any atom is 0.257 e. The average molecular weight is 411 g/mol. The third-order valence-corrected chi connectivity index (χ3v) is 5.08. The number of rotatable bonds is 9. The third-order valence-electron chi connectivity index (χ3n) is 5.08. The van der Waals surface area contributed by atoms with E-state index in [1.54, 1.807) is 18.3 Å². The monoisotopic (exact) mass is 410 g/mol. The van der Waals surface area contributed by atoms with E-state index >= 15 is 0 Å². The summed E-state index contributed by atoms with van der Waals surface area (Å²) < 4.78 is 5.44. The van der Waals surface area contributed by atoms with Crippen LogP contribution in [0.1, 0.15) is 49.9 Å². The van der Waals surface area contributed by atoms with Gasteiger partial charge in [0.2, 0.25) is 11.8 Å². The predicted molar refractivity (Wildman–Crippen MR) is 118 cm³/mol. The molecule has 1 saturated heterocycles. The van der Waals surface area contributed by atoms with Crippen LogP contribution >= 0.6 is 0 Å². The summed E-state index contributed by atoms with van der Waals surface area (Å²) in [6, 6.07) is 10.5. The van der Waals surface area contributed by atoms with E-state index in [1.165, 1.54) is 12.8 Å². The Morgan fingerprint density at radius 3 is 2.70 bits per heavy atom. The average Bonchev–Trinajstić information content (AvgIpc) is 3.29. The number of anilines is 2. The molecule has 1 aromatic carbocycles. The van der Waals surface area contributed by atoms with Gasteiger partial charge in [0.25, 0.3) is 5.91 Å². The van der Waals surface area contributed by atoms with E-state index in [0.717, 1.165) is 30.9 Å². The maximum absolute atomic E-state index is 12.9. The van der Waals surface area contributed by atoms with Crippen LogP contribution in [0.3, 0.4) is 0 Å². The molecule has 0 bridgehead atoms. The van der Waals surface area contributed by atoms with E-state index in [0.29, 0.717) is 18.6 Å². The van der Waals surface area contributed by atoms with Crippen molar-refractivity contribution < 1.29 is 14.3 Å². The Kier molecular flexibility index (Phi) is 7.65. The first-order valence-corrected chi connectivity index (χ1v) is 10.7. The van der Waals surface area contributed by atoms with Gasteiger partial charge in [0.1, 0.15) is 11.6 Å².